The molecule has 4 nitrogen and oxygen atoms in total. The van der Waals surface area contributed by atoms with E-state index in [-0.39, 0.29) is 17.9 Å². The lowest BCUT2D eigenvalue weighted by Gasteiger charge is -2.36. The highest BCUT2D eigenvalue weighted by Gasteiger charge is 2.34. The van der Waals surface area contributed by atoms with Gasteiger partial charge in [0.1, 0.15) is 6.04 Å². The van der Waals surface area contributed by atoms with Crippen molar-refractivity contribution in [1.82, 2.24) is 10.2 Å². The molecule has 2 amide bonds. The molecule has 0 saturated carbocycles. The van der Waals surface area contributed by atoms with Crippen LogP contribution in [-0.4, -0.2) is 29.3 Å². The minimum Gasteiger partial charge on any atom is -0.345 e. The first-order chi connectivity index (χ1) is 9.66. The topological polar surface area (TPSA) is 49.4 Å². The molecule has 1 aromatic carbocycles. The van der Waals surface area contributed by atoms with E-state index in [0.717, 1.165) is 19.3 Å². The predicted molar refractivity (Wildman–Crippen MR) is 76.1 cm³/mol. The lowest BCUT2D eigenvalue weighted by atomic mass is 9.86. The molecule has 0 aromatic heterocycles. The van der Waals surface area contributed by atoms with Crippen LogP contribution in [0.4, 0.5) is 0 Å². The van der Waals surface area contributed by atoms with E-state index in [2.05, 4.69) is 23.5 Å². The van der Waals surface area contributed by atoms with E-state index in [1.807, 2.05) is 11.0 Å². The average molecular weight is 272 g/mol. The second kappa shape index (κ2) is 5.27. The highest BCUT2D eigenvalue weighted by molar-refractivity contribution is 5.89. The molecule has 1 fully saturated rings. The van der Waals surface area contributed by atoms with Crippen molar-refractivity contribution in [2.75, 3.05) is 6.54 Å². The molecule has 0 spiro atoms. The molecule has 2 aliphatic rings. The summed E-state index contributed by atoms with van der Waals surface area (Å²) in [4.78, 5) is 26.0. The maximum atomic E-state index is 12.5. The van der Waals surface area contributed by atoms with Crippen LogP contribution in [0.1, 0.15) is 43.4 Å². The van der Waals surface area contributed by atoms with E-state index >= 15 is 0 Å². The quantitative estimate of drug-likeness (QED) is 0.847. The van der Waals surface area contributed by atoms with Crippen LogP contribution in [0.3, 0.4) is 0 Å². The Bertz CT molecular complexity index is 541. The van der Waals surface area contributed by atoms with Crippen molar-refractivity contribution in [2.24, 2.45) is 0 Å². The molecular formula is C16H20N2O2. The second-order valence-electron chi connectivity index (χ2n) is 5.68. The van der Waals surface area contributed by atoms with Crippen LogP contribution < -0.4 is 5.32 Å². The molecule has 0 radical (unpaired) electrons. The molecule has 1 aliphatic heterocycles. The predicted octanol–water partition coefficient (Wildman–Crippen LogP) is 1.80. The number of carbonyl (C=O) groups is 2. The Labute approximate surface area is 119 Å². The number of fused-ring (bicyclic) bond motifs is 1. The standard InChI is InChI=1S/C16H20N2O2/c1-11-16(20)18(10-9-15(19)17-11)14-8-4-6-12-5-2-3-7-13(12)14/h2-3,5,7,11,14H,4,6,8-10H2,1H3,(H,17,19). The molecule has 20 heavy (non-hydrogen) atoms. The normalized spacial score (nSPS) is 26.8. The summed E-state index contributed by atoms with van der Waals surface area (Å²) in [6.07, 6.45) is 3.57. The summed E-state index contributed by atoms with van der Waals surface area (Å²) in [5.74, 6) is 0.00926. The molecule has 1 aliphatic carbocycles. The van der Waals surface area contributed by atoms with Gasteiger partial charge in [-0.15, -0.1) is 0 Å². The van der Waals surface area contributed by atoms with Gasteiger partial charge < -0.3 is 10.2 Å². The molecule has 2 unspecified atom stereocenters. The molecular weight excluding hydrogens is 252 g/mol. The summed E-state index contributed by atoms with van der Waals surface area (Å²) in [5, 5.41) is 2.75. The van der Waals surface area contributed by atoms with Gasteiger partial charge in [0, 0.05) is 13.0 Å². The zero-order valence-electron chi connectivity index (χ0n) is 11.8. The minimum absolute atomic E-state index is 0.0301. The van der Waals surface area contributed by atoms with Gasteiger partial charge in [-0.3, -0.25) is 9.59 Å². The zero-order chi connectivity index (χ0) is 14.1. The Morgan fingerprint density at radius 3 is 2.85 bits per heavy atom. The first-order valence-electron chi connectivity index (χ1n) is 7.34. The molecule has 1 heterocycles. The first kappa shape index (κ1) is 13.2. The number of rotatable bonds is 1. The van der Waals surface area contributed by atoms with Crippen molar-refractivity contribution in [3.05, 3.63) is 35.4 Å². The molecule has 1 aromatic rings. The van der Waals surface area contributed by atoms with E-state index in [0.29, 0.717) is 13.0 Å². The number of benzene rings is 1. The molecule has 1 saturated heterocycles. The molecule has 3 rings (SSSR count). The fraction of sp³-hybridized carbons (Fsp3) is 0.500. The summed E-state index contributed by atoms with van der Waals surface area (Å²) in [6, 6.07) is 8.07. The highest BCUT2D eigenvalue weighted by Crippen LogP contribution is 2.35. The third-order valence-corrected chi connectivity index (χ3v) is 4.32. The third kappa shape index (κ3) is 2.30. The lowest BCUT2D eigenvalue weighted by Crippen LogP contribution is -2.44. The van der Waals surface area contributed by atoms with Crippen LogP contribution in [0.5, 0.6) is 0 Å². The maximum Gasteiger partial charge on any atom is 0.245 e. The smallest absolute Gasteiger partial charge is 0.245 e. The summed E-state index contributed by atoms with van der Waals surface area (Å²) in [5.41, 5.74) is 2.60. The van der Waals surface area contributed by atoms with Gasteiger partial charge in [0.2, 0.25) is 11.8 Å². The number of nitrogens with zero attached hydrogens (tertiary/aromatic N) is 1. The van der Waals surface area contributed by atoms with Gasteiger partial charge in [0.15, 0.2) is 0 Å². The van der Waals surface area contributed by atoms with Gasteiger partial charge in [-0.1, -0.05) is 24.3 Å². The van der Waals surface area contributed by atoms with Crippen LogP contribution in [-0.2, 0) is 16.0 Å². The van der Waals surface area contributed by atoms with Crippen LogP contribution in [0.25, 0.3) is 0 Å². The summed E-state index contributed by atoms with van der Waals surface area (Å²) in [7, 11) is 0. The van der Waals surface area contributed by atoms with Crippen molar-refractivity contribution in [3.63, 3.8) is 0 Å². The average Bonchev–Trinajstić information content (AvgIpc) is 2.58. The number of nitrogens with one attached hydrogen (secondary N) is 1. The monoisotopic (exact) mass is 272 g/mol. The highest BCUT2D eigenvalue weighted by atomic mass is 16.2. The molecule has 106 valence electrons. The van der Waals surface area contributed by atoms with Gasteiger partial charge in [-0.2, -0.15) is 0 Å². The summed E-state index contributed by atoms with van der Waals surface area (Å²) in [6.45, 7) is 2.29. The van der Waals surface area contributed by atoms with Gasteiger partial charge in [-0.25, -0.2) is 0 Å². The Balaban J connectivity index is 1.92. The van der Waals surface area contributed by atoms with Gasteiger partial charge >= 0.3 is 0 Å². The number of hydrogen-bond donors (Lipinski definition) is 1. The number of carbonyl (C=O) groups excluding carboxylic acids is 2. The van der Waals surface area contributed by atoms with Crippen LogP contribution in [0.2, 0.25) is 0 Å². The SMILES string of the molecule is CC1NC(=O)CCN(C2CCCc3ccccc32)C1=O. The minimum atomic E-state index is -0.418. The zero-order valence-corrected chi connectivity index (χ0v) is 11.8. The van der Waals surface area contributed by atoms with E-state index in [9.17, 15) is 9.59 Å². The summed E-state index contributed by atoms with van der Waals surface area (Å²) >= 11 is 0. The second-order valence-corrected chi connectivity index (χ2v) is 5.68. The largest absolute Gasteiger partial charge is 0.345 e. The Kier molecular flexibility index (Phi) is 3.47. The lowest BCUT2D eigenvalue weighted by molar-refractivity contribution is -0.135. The third-order valence-electron chi connectivity index (χ3n) is 4.32. The molecule has 1 N–H and O–H groups in total. The first-order valence-corrected chi connectivity index (χ1v) is 7.34. The van der Waals surface area contributed by atoms with E-state index in [4.69, 9.17) is 0 Å². The Morgan fingerprint density at radius 1 is 1.20 bits per heavy atom. The van der Waals surface area contributed by atoms with Gasteiger partial charge in [-0.05, 0) is 37.3 Å². The van der Waals surface area contributed by atoms with Crippen molar-refractivity contribution < 1.29 is 9.59 Å². The number of hydrogen-bond acceptors (Lipinski definition) is 2. The maximum absolute atomic E-state index is 12.5. The van der Waals surface area contributed by atoms with E-state index < -0.39 is 6.04 Å². The van der Waals surface area contributed by atoms with Crippen LogP contribution in [0.15, 0.2) is 24.3 Å². The van der Waals surface area contributed by atoms with Crippen molar-refractivity contribution in [1.29, 1.82) is 0 Å². The number of amides is 2. The Hall–Kier alpha value is -1.84. The Morgan fingerprint density at radius 2 is 2.00 bits per heavy atom. The van der Waals surface area contributed by atoms with Crippen LogP contribution >= 0.6 is 0 Å². The van der Waals surface area contributed by atoms with Crippen molar-refractivity contribution >= 4 is 11.8 Å². The van der Waals surface area contributed by atoms with Crippen molar-refractivity contribution in [2.45, 2.75) is 44.7 Å². The van der Waals surface area contributed by atoms with Gasteiger partial charge in [0.25, 0.3) is 0 Å². The van der Waals surface area contributed by atoms with Gasteiger partial charge in [0.05, 0.1) is 6.04 Å². The number of aryl methyl sites for hydroxylation is 1. The van der Waals surface area contributed by atoms with Crippen molar-refractivity contribution in [3.8, 4) is 0 Å². The summed E-state index contributed by atoms with van der Waals surface area (Å²) < 4.78 is 0. The van der Waals surface area contributed by atoms with E-state index in [1.54, 1.807) is 6.92 Å². The molecule has 2 atom stereocenters. The fourth-order valence-electron chi connectivity index (χ4n) is 3.32. The van der Waals surface area contributed by atoms with Crippen LogP contribution in [0, 0.1) is 0 Å². The van der Waals surface area contributed by atoms with E-state index in [1.165, 1.54) is 11.1 Å². The fourth-order valence-corrected chi connectivity index (χ4v) is 3.32. The molecule has 0 bridgehead atoms. The molecule has 4 heteroatoms.